The normalized spacial score (nSPS) is 8.50. The van der Waals surface area contributed by atoms with E-state index in [9.17, 15) is 9.59 Å². The largest absolute Gasteiger partial charge is 0.299 e. The smallest absolute Gasteiger partial charge is 0.142 e. The van der Waals surface area contributed by atoms with Crippen LogP contribution in [0.2, 0.25) is 0 Å². The summed E-state index contributed by atoms with van der Waals surface area (Å²) in [5, 5.41) is 0. The summed E-state index contributed by atoms with van der Waals surface area (Å²) in [6, 6.07) is 0. The van der Waals surface area contributed by atoms with Crippen LogP contribution in [-0.2, 0) is 9.59 Å². The molecule has 8 heavy (non-hydrogen) atoms. The van der Waals surface area contributed by atoms with Gasteiger partial charge in [-0.3, -0.25) is 4.79 Å². The molecule has 0 unspecified atom stereocenters. The minimum atomic E-state index is 0.634. The quantitative estimate of drug-likeness (QED) is 0.297. The Kier molecular flexibility index (Phi) is 5.02. The maximum absolute atomic E-state index is 9.55. The molecule has 0 amide bonds. The van der Waals surface area contributed by atoms with Crippen molar-refractivity contribution in [2.45, 2.75) is 0 Å². The molecule has 0 aromatic heterocycles. The van der Waals surface area contributed by atoms with Crippen LogP contribution in [0.15, 0.2) is 18.2 Å². The first-order valence-electron chi connectivity index (χ1n) is 2.06. The van der Waals surface area contributed by atoms with Crippen molar-refractivity contribution in [3.8, 4) is 0 Å². The monoisotopic (exact) mass is 109 g/mol. The maximum Gasteiger partial charge on any atom is 0.142 e. The minimum Gasteiger partial charge on any atom is -0.299 e. The Morgan fingerprint density at radius 1 is 1.25 bits per heavy atom. The predicted octanol–water partition coefficient (Wildman–Crippen LogP) is 0.334. The zero-order chi connectivity index (χ0) is 6.24. The third-order valence-electron chi connectivity index (χ3n) is 0.465. The van der Waals surface area contributed by atoms with Crippen molar-refractivity contribution in [2.75, 3.05) is 0 Å². The molecule has 0 N–H and O–H groups in total. The Hall–Kier alpha value is -1.14. The number of carbonyl (C=O) groups is 1. The molecule has 41 valence electrons. The lowest BCUT2D eigenvalue weighted by atomic mass is 10.4. The van der Waals surface area contributed by atoms with E-state index in [1.165, 1.54) is 30.6 Å². The van der Waals surface area contributed by atoms with Crippen LogP contribution in [0.5, 0.6) is 0 Å². The zero-order valence-corrected chi connectivity index (χ0v) is 4.20. The minimum absolute atomic E-state index is 0.634. The molecular formula is C6H5O2. The zero-order valence-electron chi connectivity index (χ0n) is 4.20. The summed E-state index contributed by atoms with van der Waals surface area (Å²) >= 11 is 0. The Morgan fingerprint density at radius 2 is 2.00 bits per heavy atom. The van der Waals surface area contributed by atoms with Crippen molar-refractivity contribution in [3.63, 3.8) is 0 Å². The molecule has 0 bridgehead atoms. The SMILES string of the molecule is O=C=C[CH]/C=C/C=O. The van der Waals surface area contributed by atoms with Crippen molar-refractivity contribution in [1.29, 1.82) is 0 Å². The molecule has 1 radical (unpaired) electrons. The van der Waals surface area contributed by atoms with Gasteiger partial charge in [0.15, 0.2) is 0 Å². The van der Waals surface area contributed by atoms with E-state index < -0.39 is 0 Å². The summed E-state index contributed by atoms with van der Waals surface area (Å²) in [7, 11) is 0. The van der Waals surface area contributed by atoms with Gasteiger partial charge in [-0.1, -0.05) is 6.08 Å². The number of hydrogen-bond acceptors (Lipinski definition) is 2. The fourth-order valence-corrected chi connectivity index (χ4v) is 0.204. The fraction of sp³-hybridized carbons (Fsp3) is 0. The molecule has 0 saturated carbocycles. The summed E-state index contributed by atoms with van der Waals surface area (Å²) in [6.07, 6.45) is 5.99. The van der Waals surface area contributed by atoms with Crippen molar-refractivity contribution in [3.05, 3.63) is 24.6 Å². The average Bonchev–Trinajstić information content (AvgIpc) is 1.81. The average molecular weight is 109 g/mol. The van der Waals surface area contributed by atoms with Crippen molar-refractivity contribution >= 4 is 12.2 Å². The van der Waals surface area contributed by atoms with Gasteiger partial charge in [0.25, 0.3) is 0 Å². The van der Waals surface area contributed by atoms with Gasteiger partial charge in [0.2, 0.25) is 0 Å². The first-order valence-corrected chi connectivity index (χ1v) is 2.06. The number of allylic oxidation sites excluding steroid dienone is 3. The molecule has 2 nitrogen and oxygen atoms in total. The maximum atomic E-state index is 9.55. The van der Waals surface area contributed by atoms with E-state index in [1.54, 1.807) is 0 Å². The van der Waals surface area contributed by atoms with Gasteiger partial charge in [-0.15, -0.1) is 0 Å². The van der Waals surface area contributed by atoms with Gasteiger partial charge >= 0.3 is 0 Å². The Bertz CT molecular complexity index is 129. The van der Waals surface area contributed by atoms with Gasteiger partial charge < -0.3 is 0 Å². The van der Waals surface area contributed by atoms with Crippen LogP contribution in [0.4, 0.5) is 0 Å². The van der Waals surface area contributed by atoms with E-state index in [-0.39, 0.29) is 0 Å². The Morgan fingerprint density at radius 3 is 2.50 bits per heavy atom. The second kappa shape index (κ2) is 5.86. The highest BCUT2D eigenvalue weighted by atomic mass is 16.1. The molecule has 0 aliphatic rings. The lowest BCUT2D eigenvalue weighted by molar-refractivity contribution is -0.104. The topological polar surface area (TPSA) is 34.1 Å². The number of carbonyl (C=O) groups excluding carboxylic acids is 2. The molecule has 2 heteroatoms. The van der Waals surface area contributed by atoms with Gasteiger partial charge in [0.05, 0.1) is 0 Å². The third-order valence-corrected chi connectivity index (χ3v) is 0.465. The second-order valence-electron chi connectivity index (χ2n) is 0.998. The van der Waals surface area contributed by atoms with E-state index in [0.717, 1.165) is 0 Å². The highest BCUT2D eigenvalue weighted by molar-refractivity contribution is 5.65. The van der Waals surface area contributed by atoms with E-state index >= 15 is 0 Å². The molecule has 0 fully saturated rings. The standard InChI is InChI=1S/C6H5O2/c7-5-3-1-2-4-6-8/h1-5H/b3-1+. The third kappa shape index (κ3) is 4.86. The second-order valence-corrected chi connectivity index (χ2v) is 0.998. The molecule has 0 aliphatic heterocycles. The van der Waals surface area contributed by atoms with Gasteiger partial charge in [0.1, 0.15) is 12.2 Å². The van der Waals surface area contributed by atoms with Gasteiger partial charge in [0, 0.05) is 12.5 Å². The summed E-state index contributed by atoms with van der Waals surface area (Å²) in [6.45, 7) is 0. The Labute approximate surface area is 47.5 Å². The fourth-order valence-electron chi connectivity index (χ4n) is 0.204. The van der Waals surface area contributed by atoms with Crippen LogP contribution in [-0.4, -0.2) is 12.2 Å². The summed E-state index contributed by atoms with van der Waals surface area (Å²) in [5.74, 6) is 1.53. The predicted molar refractivity (Wildman–Crippen MR) is 29.8 cm³/mol. The lowest BCUT2D eigenvalue weighted by Crippen LogP contribution is -1.61. The molecule has 0 aromatic rings. The molecule has 0 heterocycles. The van der Waals surface area contributed by atoms with Crippen molar-refractivity contribution in [1.82, 2.24) is 0 Å². The highest BCUT2D eigenvalue weighted by Crippen LogP contribution is 1.75. The van der Waals surface area contributed by atoms with E-state index in [0.29, 0.717) is 6.29 Å². The number of aldehydes is 1. The highest BCUT2D eigenvalue weighted by Gasteiger charge is 1.66. The van der Waals surface area contributed by atoms with E-state index in [2.05, 4.69) is 0 Å². The lowest BCUT2D eigenvalue weighted by Gasteiger charge is -1.67. The molecule has 0 aliphatic carbocycles. The molecular weight excluding hydrogens is 104 g/mol. The van der Waals surface area contributed by atoms with Gasteiger partial charge in [-0.2, -0.15) is 0 Å². The summed E-state index contributed by atoms with van der Waals surface area (Å²) < 4.78 is 0. The molecule has 0 aromatic carbocycles. The summed E-state index contributed by atoms with van der Waals surface area (Å²) in [5.41, 5.74) is 0. The van der Waals surface area contributed by atoms with Crippen LogP contribution >= 0.6 is 0 Å². The summed E-state index contributed by atoms with van der Waals surface area (Å²) in [4.78, 5) is 19.0. The molecule has 0 spiro atoms. The van der Waals surface area contributed by atoms with Gasteiger partial charge in [-0.05, 0) is 6.08 Å². The van der Waals surface area contributed by atoms with Crippen LogP contribution in [0.1, 0.15) is 0 Å². The number of hydrogen-bond donors (Lipinski definition) is 0. The van der Waals surface area contributed by atoms with Crippen molar-refractivity contribution < 1.29 is 9.59 Å². The number of rotatable bonds is 3. The molecule has 0 atom stereocenters. The van der Waals surface area contributed by atoms with Crippen LogP contribution in [0.3, 0.4) is 0 Å². The first kappa shape index (κ1) is 6.86. The van der Waals surface area contributed by atoms with Crippen molar-refractivity contribution in [2.24, 2.45) is 0 Å². The van der Waals surface area contributed by atoms with Crippen LogP contribution in [0.25, 0.3) is 0 Å². The van der Waals surface area contributed by atoms with Gasteiger partial charge in [-0.25, -0.2) is 4.79 Å². The first-order chi connectivity index (χ1) is 3.91. The van der Waals surface area contributed by atoms with E-state index in [4.69, 9.17) is 0 Å². The van der Waals surface area contributed by atoms with E-state index in [1.807, 2.05) is 0 Å². The molecule has 0 saturated heterocycles. The molecule has 0 rings (SSSR count). The van der Waals surface area contributed by atoms with Crippen LogP contribution in [0, 0.1) is 6.42 Å². The Balaban J connectivity index is 3.29. The van der Waals surface area contributed by atoms with Crippen LogP contribution < -0.4 is 0 Å².